The van der Waals surface area contributed by atoms with Gasteiger partial charge in [-0.25, -0.2) is 4.39 Å². The zero-order valence-electron chi connectivity index (χ0n) is 16.5. The molecule has 2 nitrogen and oxygen atoms in total. The van der Waals surface area contributed by atoms with Gasteiger partial charge in [-0.3, -0.25) is 9.80 Å². The third-order valence-corrected chi connectivity index (χ3v) is 6.61. The second-order valence-electron chi connectivity index (χ2n) is 8.43. The van der Waals surface area contributed by atoms with Crippen LogP contribution in [0.3, 0.4) is 0 Å². The summed E-state index contributed by atoms with van der Waals surface area (Å²) in [5.41, 5.74) is 2.39. The lowest BCUT2D eigenvalue weighted by molar-refractivity contribution is 0.0717. The van der Waals surface area contributed by atoms with E-state index in [0.29, 0.717) is 6.04 Å². The Balaban J connectivity index is 1.41. The Kier molecular flexibility index (Phi) is 6.41. The third-order valence-electron chi connectivity index (χ3n) is 6.61. The predicted molar refractivity (Wildman–Crippen MR) is 110 cm³/mol. The van der Waals surface area contributed by atoms with Gasteiger partial charge in [0.15, 0.2) is 0 Å². The first-order valence-electron chi connectivity index (χ1n) is 10.9. The molecule has 1 heterocycles. The van der Waals surface area contributed by atoms with Gasteiger partial charge >= 0.3 is 0 Å². The number of hydrogen-bond donors (Lipinski definition) is 0. The summed E-state index contributed by atoms with van der Waals surface area (Å²) in [4.78, 5) is 5.15. The Bertz CT molecular complexity index is 667. The number of allylic oxidation sites excluding steroid dienone is 2. The van der Waals surface area contributed by atoms with Gasteiger partial charge in [-0.05, 0) is 43.2 Å². The topological polar surface area (TPSA) is 6.48 Å². The van der Waals surface area contributed by atoms with Crippen molar-refractivity contribution in [3.05, 3.63) is 59.4 Å². The fraction of sp³-hybridized carbons (Fsp3) is 0.583. The van der Waals surface area contributed by atoms with Crippen molar-refractivity contribution in [3.8, 4) is 0 Å². The first kappa shape index (κ1) is 18.9. The lowest BCUT2D eigenvalue weighted by Crippen LogP contribution is -2.53. The summed E-state index contributed by atoms with van der Waals surface area (Å²) in [6.45, 7) is 5.00. The average Bonchev–Trinajstić information content (AvgIpc) is 2.73. The fourth-order valence-electron chi connectivity index (χ4n) is 5.15. The van der Waals surface area contributed by atoms with E-state index in [1.165, 1.54) is 44.9 Å². The molecule has 3 heteroatoms. The first-order valence-corrected chi connectivity index (χ1v) is 10.9. The van der Waals surface area contributed by atoms with Crippen molar-refractivity contribution in [1.82, 2.24) is 9.80 Å². The molecule has 0 bridgehead atoms. The van der Waals surface area contributed by atoms with E-state index in [2.05, 4.69) is 28.0 Å². The van der Waals surface area contributed by atoms with Crippen LogP contribution in [0.25, 0.3) is 0 Å². The molecule has 0 amide bonds. The van der Waals surface area contributed by atoms with Crippen molar-refractivity contribution in [2.24, 2.45) is 5.92 Å². The second-order valence-corrected chi connectivity index (χ2v) is 8.43. The van der Waals surface area contributed by atoms with Crippen LogP contribution in [0, 0.1) is 11.7 Å². The number of hydrogen-bond acceptors (Lipinski definition) is 2. The van der Waals surface area contributed by atoms with Crippen molar-refractivity contribution in [2.75, 3.05) is 26.2 Å². The van der Waals surface area contributed by atoms with Crippen molar-refractivity contribution in [3.63, 3.8) is 0 Å². The molecule has 1 saturated heterocycles. The molecule has 2 aliphatic carbocycles. The summed E-state index contributed by atoms with van der Waals surface area (Å²) in [6.07, 6.45) is 16.6. The van der Waals surface area contributed by atoms with Crippen LogP contribution >= 0.6 is 0 Å². The Morgan fingerprint density at radius 1 is 0.963 bits per heavy atom. The van der Waals surface area contributed by atoms with E-state index in [1.54, 1.807) is 17.7 Å². The van der Waals surface area contributed by atoms with Crippen molar-refractivity contribution >= 4 is 0 Å². The van der Waals surface area contributed by atoms with Gasteiger partial charge in [0.2, 0.25) is 0 Å². The molecule has 0 aromatic heterocycles. The third kappa shape index (κ3) is 4.70. The SMILES string of the molecule is Fc1ccccc1CN1CCN(C(C2=CCCC=C2)C2CCCCC2)CC1. The maximum Gasteiger partial charge on any atom is 0.127 e. The lowest BCUT2D eigenvalue weighted by atomic mass is 9.79. The largest absolute Gasteiger partial charge is 0.296 e. The van der Waals surface area contributed by atoms with Crippen molar-refractivity contribution < 1.29 is 4.39 Å². The highest BCUT2D eigenvalue weighted by Crippen LogP contribution is 2.34. The molecule has 1 unspecified atom stereocenters. The van der Waals surface area contributed by atoms with Crippen LogP contribution in [0.2, 0.25) is 0 Å². The van der Waals surface area contributed by atoms with E-state index in [1.807, 2.05) is 12.1 Å². The molecule has 1 aromatic carbocycles. The summed E-state index contributed by atoms with van der Waals surface area (Å²) in [5, 5.41) is 0. The van der Waals surface area contributed by atoms with E-state index in [4.69, 9.17) is 0 Å². The standard InChI is InChI=1S/C24H33FN2/c25-23-14-8-7-13-22(23)19-26-15-17-27(18-16-26)24(20-9-3-1-4-10-20)21-11-5-2-6-12-21/h3,7-10,13-14,21,24H,1-2,4-6,11-12,15-19H2. The molecule has 1 aliphatic heterocycles. The van der Waals surface area contributed by atoms with Gasteiger partial charge in [-0.2, -0.15) is 0 Å². The van der Waals surface area contributed by atoms with Gasteiger partial charge in [0.1, 0.15) is 5.82 Å². The van der Waals surface area contributed by atoms with Gasteiger partial charge < -0.3 is 0 Å². The van der Waals surface area contributed by atoms with E-state index in [-0.39, 0.29) is 5.82 Å². The minimum atomic E-state index is -0.0717. The summed E-state index contributed by atoms with van der Waals surface area (Å²) in [6, 6.07) is 7.81. The van der Waals surface area contributed by atoms with E-state index >= 15 is 0 Å². The van der Waals surface area contributed by atoms with Crippen LogP contribution in [-0.4, -0.2) is 42.0 Å². The Hall–Kier alpha value is -1.45. The molecule has 0 N–H and O–H groups in total. The highest BCUT2D eigenvalue weighted by molar-refractivity contribution is 5.29. The molecule has 4 rings (SSSR count). The molecule has 3 aliphatic rings. The highest BCUT2D eigenvalue weighted by atomic mass is 19.1. The summed E-state index contributed by atoms with van der Waals surface area (Å²) in [7, 11) is 0. The maximum atomic E-state index is 14.0. The second kappa shape index (κ2) is 9.16. The zero-order chi connectivity index (χ0) is 18.5. The number of benzene rings is 1. The van der Waals surface area contributed by atoms with Crippen LogP contribution in [0.5, 0.6) is 0 Å². The van der Waals surface area contributed by atoms with Gasteiger partial charge in [-0.15, -0.1) is 0 Å². The van der Waals surface area contributed by atoms with E-state index < -0.39 is 0 Å². The smallest absolute Gasteiger partial charge is 0.127 e. The van der Waals surface area contributed by atoms with Crippen LogP contribution in [0.4, 0.5) is 4.39 Å². The van der Waals surface area contributed by atoms with Crippen molar-refractivity contribution in [1.29, 1.82) is 0 Å². The summed E-state index contributed by atoms with van der Waals surface area (Å²) < 4.78 is 14.0. The van der Waals surface area contributed by atoms with Crippen LogP contribution in [0.1, 0.15) is 50.5 Å². The number of halogens is 1. The molecule has 27 heavy (non-hydrogen) atoms. The van der Waals surface area contributed by atoms with Gasteiger partial charge in [0, 0.05) is 44.3 Å². The van der Waals surface area contributed by atoms with Gasteiger partial charge in [-0.1, -0.05) is 55.7 Å². The van der Waals surface area contributed by atoms with E-state index in [0.717, 1.165) is 44.2 Å². The van der Waals surface area contributed by atoms with Gasteiger partial charge in [0.05, 0.1) is 0 Å². The minimum Gasteiger partial charge on any atom is -0.296 e. The molecule has 1 aromatic rings. The lowest BCUT2D eigenvalue weighted by Gasteiger charge is -2.44. The average molecular weight is 369 g/mol. The van der Waals surface area contributed by atoms with E-state index in [9.17, 15) is 4.39 Å². The molecule has 1 saturated carbocycles. The zero-order valence-corrected chi connectivity index (χ0v) is 16.5. The molecule has 0 spiro atoms. The van der Waals surface area contributed by atoms with Crippen LogP contribution in [-0.2, 0) is 6.54 Å². The monoisotopic (exact) mass is 368 g/mol. The first-order chi connectivity index (χ1) is 13.3. The molecule has 0 radical (unpaired) electrons. The molecule has 1 atom stereocenters. The summed E-state index contributed by atoms with van der Waals surface area (Å²) in [5.74, 6) is 0.739. The van der Waals surface area contributed by atoms with Crippen LogP contribution in [0.15, 0.2) is 48.1 Å². The molecule has 146 valence electrons. The Morgan fingerprint density at radius 3 is 2.44 bits per heavy atom. The molecular formula is C24H33FN2. The highest BCUT2D eigenvalue weighted by Gasteiger charge is 2.33. The Morgan fingerprint density at radius 2 is 1.74 bits per heavy atom. The van der Waals surface area contributed by atoms with Gasteiger partial charge in [0.25, 0.3) is 0 Å². The summed E-state index contributed by atoms with van der Waals surface area (Å²) >= 11 is 0. The Labute approximate surface area is 163 Å². The maximum absolute atomic E-state index is 14.0. The quantitative estimate of drug-likeness (QED) is 0.707. The molecular weight excluding hydrogens is 335 g/mol. The molecule has 2 fully saturated rings. The van der Waals surface area contributed by atoms with Crippen molar-refractivity contribution in [2.45, 2.75) is 57.5 Å². The fourth-order valence-corrected chi connectivity index (χ4v) is 5.15. The normalized spacial score (nSPS) is 24.0. The minimum absolute atomic E-state index is 0.0717. The number of rotatable bonds is 5. The predicted octanol–water partition coefficient (Wildman–Crippen LogP) is 5.17. The number of piperazine rings is 1. The number of nitrogens with zero attached hydrogens (tertiary/aromatic N) is 2. The van der Waals surface area contributed by atoms with Crippen LogP contribution < -0.4 is 0 Å².